The molecule has 0 radical (unpaired) electrons. The Kier molecular flexibility index (Phi) is 14.2. The molecule has 2 aliphatic carbocycles. The monoisotopic (exact) mass is 579 g/mol. The Morgan fingerprint density at radius 1 is 1.02 bits per heavy atom. The highest BCUT2D eigenvalue weighted by Gasteiger charge is 2.21. The average molecular weight is 580 g/mol. The summed E-state index contributed by atoms with van der Waals surface area (Å²) in [5.74, 6) is -0.627. The maximum absolute atomic E-state index is 14.7. The summed E-state index contributed by atoms with van der Waals surface area (Å²) in [6.45, 7) is 8.00. The highest BCUT2D eigenvalue weighted by Crippen LogP contribution is 2.31. The van der Waals surface area contributed by atoms with Gasteiger partial charge in [0.2, 0.25) is 6.41 Å². The van der Waals surface area contributed by atoms with Crippen molar-refractivity contribution in [2.45, 2.75) is 59.5 Å². The number of aldehydes is 1. The number of carboxylic acids is 1. The topological polar surface area (TPSA) is 108 Å². The van der Waals surface area contributed by atoms with E-state index in [4.69, 9.17) is 5.11 Å². The highest BCUT2D eigenvalue weighted by molar-refractivity contribution is 7.22. The molecule has 9 heteroatoms. The number of thiazole rings is 1. The van der Waals surface area contributed by atoms with Crippen molar-refractivity contribution in [1.29, 1.82) is 0 Å². The molecule has 7 nitrogen and oxygen atoms in total. The molecule has 3 aromatic rings. The molecule has 3 N–H and O–H groups in total. The summed E-state index contributed by atoms with van der Waals surface area (Å²) in [7, 11) is 0. The number of amides is 1. The molecule has 2 aromatic carbocycles. The lowest BCUT2D eigenvalue weighted by Crippen LogP contribution is -2.09. The van der Waals surface area contributed by atoms with E-state index in [1.807, 2.05) is 52.0 Å². The van der Waals surface area contributed by atoms with Gasteiger partial charge in [0.25, 0.3) is 0 Å². The van der Waals surface area contributed by atoms with E-state index in [0.717, 1.165) is 53.3 Å². The van der Waals surface area contributed by atoms with Crippen LogP contribution in [0.1, 0.15) is 69.3 Å². The number of carbonyl (C=O) groups excluding carboxylic acids is 2. The van der Waals surface area contributed by atoms with Crippen LogP contribution in [0.15, 0.2) is 72.5 Å². The fraction of sp³-hybridized carbons (Fsp3) is 0.312. The Bertz CT molecular complexity index is 1370. The standard InChI is InChI=1S/C22H16FN3O2S.C6H10O2.2C2H6/c23-18-8-5-16(15-3-1-14(12-27)2-4-15)6-9-19(18)25-22-26-20-10-7-17(24-13-28)11-21(20)29-22;7-6(8)5-3-1-2-4-5;2*1-2/h1-13,18H,(H,24,28)(H,25,26);5H,1-4H2,(H,7,8);2*1-2H3. The summed E-state index contributed by atoms with van der Waals surface area (Å²) in [6, 6.07) is 12.5. The zero-order valence-electron chi connectivity index (χ0n) is 23.9. The molecule has 218 valence electrons. The van der Waals surface area contributed by atoms with Crippen LogP contribution in [0.2, 0.25) is 0 Å². The third-order valence-electron chi connectivity index (χ3n) is 6.13. The van der Waals surface area contributed by atoms with Gasteiger partial charge in [0, 0.05) is 11.3 Å². The van der Waals surface area contributed by atoms with Crippen LogP contribution in [-0.2, 0) is 9.59 Å². The smallest absolute Gasteiger partial charge is 0.306 e. The van der Waals surface area contributed by atoms with Gasteiger partial charge < -0.3 is 15.7 Å². The van der Waals surface area contributed by atoms with E-state index in [1.165, 1.54) is 17.4 Å². The van der Waals surface area contributed by atoms with Crippen LogP contribution in [0.3, 0.4) is 0 Å². The molecule has 41 heavy (non-hydrogen) atoms. The van der Waals surface area contributed by atoms with Crippen molar-refractivity contribution in [3.8, 4) is 0 Å². The minimum Gasteiger partial charge on any atom is -0.481 e. The quantitative estimate of drug-likeness (QED) is 0.243. The Balaban J connectivity index is 0.000000414. The number of hydrogen-bond acceptors (Lipinski definition) is 6. The first kappa shape index (κ1) is 33.1. The number of allylic oxidation sites excluding steroid dienone is 5. The van der Waals surface area contributed by atoms with Crippen molar-refractivity contribution in [1.82, 2.24) is 4.98 Å². The lowest BCUT2D eigenvalue weighted by Gasteiger charge is -2.08. The fourth-order valence-electron chi connectivity index (χ4n) is 4.11. The van der Waals surface area contributed by atoms with Crippen molar-refractivity contribution >= 4 is 56.6 Å². The number of nitrogens with one attached hydrogen (secondary N) is 2. The molecular formula is C32H38FN3O4S. The van der Waals surface area contributed by atoms with E-state index in [1.54, 1.807) is 36.4 Å². The Hall–Kier alpha value is -4.11. The number of benzene rings is 2. The first-order valence-corrected chi connectivity index (χ1v) is 14.7. The van der Waals surface area contributed by atoms with Crippen LogP contribution in [0, 0.1) is 5.92 Å². The zero-order chi connectivity index (χ0) is 30.2. The predicted molar refractivity (Wildman–Crippen MR) is 167 cm³/mol. The number of aromatic nitrogens is 1. The summed E-state index contributed by atoms with van der Waals surface area (Å²) >= 11 is 1.38. The molecule has 1 fully saturated rings. The number of carboxylic acid groups (broad SMARTS) is 1. The number of aliphatic carboxylic acids is 1. The average Bonchev–Trinajstić information content (AvgIpc) is 3.66. The van der Waals surface area contributed by atoms with E-state index in [-0.39, 0.29) is 5.92 Å². The van der Waals surface area contributed by atoms with E-state index in [0.29, 0.717) is 28.5 Å². The molecule has 0 saturated heterocycles. The molecule has 0 aliphatic heterocycles. The second kappa shape index (κ2) is 17.6. The van der Waals surface area contributed by atoms with Gasteiger partial charge in [-0.15, -0.1) is 0 Å². The Labute approximate surface area is 244 Å². The molecule has 1 amide bonds. The SMILES string of the molecule is CC.CC.O=C(O)C1CCCC1.O=CNc1ccc2nc(NC3=CC=C(c4ccc(C=O)cc4)C=CC3F)sc2c1. The number of rotatable bonds is 7. The van der Waals surface area contributed by atoms with Gasteiger partial charge in [-0.1, -0.05) is 88.3 Å². The Morgan fingerprint density at radius 3 is 2.29 bits per heavy atom. The molecule has 5 rings (SSSR count). The normalized spacial score (nSPS) is 15.8. The van der Waals surface area contributed by atoms with Gasteiger partial charge in [-0.2, -0.15) is 0 Å². The molecular weight excluding hydrogens is 541 g/mol. The summed E-state index contributed by atoms with van der Waals surface area (Å²) in [4.78, 5) is 36.1. The van der Waals surface area contributed by atoms with Crippen LogP contribution in [0.25, 0.3) is 15.8 Å². The number of fused-ring (bicyclic) bond motifs is 1. The van der Waals surface area contributed by atoms with E-state index < -0.39 is 12.1 Å². The van der Waals surface area contributed by atoms with Crippen LogP contribution >= 0.6 is 11.3 Å². The van der Waals surface area contributed by atoms with Gasteiger partial charge in [0.15, 0.2) is 11.3 Å². The van der Waals surface area contributed by atoms with Crippen molar-refractivity contribution in [2.75, 3.05) is 10.6 Å². The molecule has 1 aromatic heterocycles. The van der Waals surface area contributed by atoms with E-state index >= 15 is 0 Å². The Morgan fingerprint density at radius 2 is 1.71 bits per heavy atom. The number of hydrogen-bond donors (Lipinski definition) is 3. The predicted octanol–water partition coefficient (Wildman–Crippen LogP) is 8.28. The minimum atomic E-state index is -1.31. The number of alkyl halides is 1. The first-order valence-electron chi connectivity index (χ1n) is 13.9. The third kappa shape index (κ3) is 9.79. The highest BCUT2D eigenvalue weighted by atomic mass is 32.1. The van der Waals surface area contributed by atoms with Gasteiger partial charge in [-0.3, -0.25) is 14.4 Å². The van der Waals surface area contributed by atoms with Crippen molar-refractivity contribution in [3.05, 3.63) is 83.6 Å². The molecule has 1 unspecified atom stereocenters. The van der Waals surface area contributed by atoms with Crippen molar-refractivity contribution in [2.24, 2.45) is 5.92 Å². The molecule has 0 bridgehead atoms. The van der Waals surface area contributed by atoms with Crippen molar-refractivity contribution in [3.63, 3.8) is 0 Å². The summed E-state index contributed by atoms with van der Waals surface area (Å²) in [5, 5.41) is 14.6. The third-order valence-corrected chi connectivity index (χ3v) is 7.07. The molecule has 1 atom stereocenters. The molecule has 1 saturated carbocycles. The van der Waals surface area contributed by atoms with Crippen LogP contribution in [0.4, 0.5) is 15.2 Å². The summed E-state index contributed by atoms with van der Waals surface area (Å²) in [5.41, 5.74) is 4.15. The van der Waals surface area contributed by atoms with Crippen LogP contribution in [0.5, 0.6) is 0 Å². The number of nitrogens with zero attached hydrogens (tertiary/aromatic N) is 1. The van der Waals surface area contributed by atoms with Crippen LogP contribution in [-0.4, -0.2) is 34.9 Å². The lowest BCUT2D eigenvalue weighted by molar-refractivity contribution is -0.141. The number of carbonyl (C=O) groups is 3. The van der Waals surface area contributed by atoms with Gasteiger partial charge >= 0.3 is 5.97 Å². The maximum atomic E-state index is 14.7. The largest absolute Gasteiger partial charge is 0.481 e. The number of anilines is 2. The summed E-state index contributed by atoms with van der Waals surface area (Å²) < 4.78 is 15.5. The minimum absolute atomic E-state index is 0.0185. The molecule has 1 heterocycles. The first-order chi connectivity index (χ1) is 20.0. The van der Waals surface area contributed by atoms with E-state index in [9.17, 15) is 18.8 Å². The van der Waals surface area contributed by atoms with Crippen molar-refractivity contribution < 1.29 is 23.9 Å². The molecule has 2 aliphatic rings. The van der Waals surface area contributed by atoms with Gasteiger partial charge in [0.05, 0.1) is 21.8 Å². The number of halogens is 1. The zero-order valence-corrected chi connectivity index (χ0v) is 24.7. The lowest BCUT2D eigenvalue weighted by atomic mass is 10.0. The maximum Gasteiger partial charge on any atom is 0.306 e. The van der Waals surface area contributed by atoms with E-state index in [2.05, 4.69) is 15.6 Å². The van der Waals surface area contributed by atoms with Gasteiger partial charge in [0.1, 0.15) is 6.29 Å². The molecule has 0 spiro atoms. The van der Waals surface area contributed by atoms with Gasteiger partial charge in [-0.25, -0.2) is 9.37 Å². The van der Waals surface area contributed by atoms with Crippen LogP contribution < -0.4 is 10.6 Å². The second-order valence-corrected chi connectivity index (χ2v) is 9.68. The summed E-state index contributed by atoms with van der Waals surface area (Å²) in [6.07, 6.45) is 10.8. The van der Waals surface area contributed by atoms with Gasteiger partial charge in [-0.05, 0) is 54.3 Å². The second-order valence-electron chi connectivity index (χ2n) is 8.65. The fourth-order valence-corrected chi connectivity index (χ4v) is 5.03.